The number of aryl methyl sites for hydroxylation is 1. The van der Waals surface area contributed by atoms with Gasteiger partial charge in [-0.1, -0.05) is 36.4 Å². The Labute approximate surface area is 132 Å². The van der Waals surface area contributed by atoms with Crippen molar-refractivity contribution in [1.82, 2.24) is 0 Å². The summed E-state index contributed by atoms with van der Waals surface area (Å²) in [5.74, 6) is 0.616. The summed E-state index contributed by atoms with van der Waals surface area (Å²) in [4.78, 5) is 1.30. The third-order valence-corrected chi connectivity index (χ3v) is 5.32. The van der Waals surface area contributed by atoms with Crippen LogP contribution < -0.4 is 5.73 Å². The number of hydrogen-bond acceptors (Lipinski definition) is 2. The molecule has 0 saturated carbocycles. The molecule has 2 atom stereocenters. The summed E-state index contributed by atoms with van der Waals surface area (Å²) >= 11 is 1.77. The molecular weight excluding hydrogens is 274 g/mol. The molecule has 3 rings (SSSR count). The number of nitrogens with two attached hydrogens (primary N) is 1. The molecule has 2 aromatic rings. The molecule has 0 saturated heterocycles. The summed E-state index contributed by atoms with van der Waals surface area (Å²) in [6.07, 6.45) is 6.95. The van der Waals surface area contributed by atoms with Crippen LogP contribution in [0.4, 0.5) is 0 Å². The van der Waals surface area contributed by atoms with Gasteiger partial charge in [0, 0.05) is 10.9 Å². The normalized spacial score (nSPS) is 19.0. The third-order valence-electron chi connectivity index (χ3n) is 4.58. The van der Waals surface area contributed by atoms with Crippen LogP contribution in [0.2, 0.25) is 0 Å². The van der Waals surface area contributed by atoms with Crippen LogP contribution in [0.15, 0.2) is 53.4 Å². The Morgan fingerprint density at radius 2 is 1.90 bits per heavy atom. The molecule has 0 aromatic heterocycles. The van der Waals surface area contributed by atoms with Crippen LogP contribution in [0.5, 0.6) is 0 Å². The summed E-state index contributed by atoms with van der Waals surface area (Å²) in [6.45, 7) is 0. The Morgan fingerprint density at radius 1 is 1.14 bits per heavy atom. The molecule has 1 aliphatic rings. The van der Waals surface area contributed by atoms with E-state index in [4.69, 9.17) is 5.73 Å². The molecule has 1 aliphatic carbocycles. The highest BCUT2D eigenvalue weighted by molar-refractivity contribution is 7.98. The lowest BCUT2D eigenvalue weighted by molar-refractivity contribution is 0.476. The number of hydrogen-bond donors (Lipinski definition) is 1. The van der Waals surface area contributed by atoms with Gasteiger partial charge < -0.3 is 5.73 Å². The molecule has 0 amide bonds. The van der Waals surface area contributed by atoms with E-state index in [9.17, 15) is 0 Å². The molecule has 0 spiro atoms. The Morgan fingerprint density at radius 3 is 2.67 bits per heavy atom. The summed E-state index contributed by atoms with van der Waals surface area (Å²) in [7, 11) is 0. The van der Waals surface area contributed by atoms with Gasteiger partial charge in [0.1, 0.15) is 0 Å². The van der Waals surface area contributed by atoms with E-state index in [2.05, 4.69) is 54.8 Å². The van der Waals surface area contributed by atoms with Crippen molar-refractivity contribution in [1.29, 1.82) is 0 Å². The van der Waals surface area contributed by atoms with Crippen molar-refractivity contribution >= 4 is 11.8 Å². The van der Waals surface area contributed by atoms with Gasteiger partial charge in [-0.05, 0) is 66.7 Å². The van der Waals surface area contributed by atoms with Crippen LogP contribution in [0, 0.1) is 0 Å². The molecule has 0 heterocycles. The van der Waals surface area contributed by atoms with Crippen LogP contribution >= 0.6 is 11.8 Å². The van der Waals surface area contributed by atoms with E-state index in [-0.39, 0.29) is 6.04 Å². The van der Waals surface area contributed by atoms with Gasteiger partial charge in [-0.25, -0.2) is 0 Å². The van der Waals surface area contributed by atoms with Crippen LogP contribution in [0.25, 0.3) is 0 Å². The fourth-order valence-electron chi connectivity index (χ4n) is 3.39. The van der Waals surface area contributed by atoms with Crippen molar-refractivity contribution in [2.75, 3.05) is 6.26 Å². The molecule has 21 heavy (non-hydrogen) atoms. The largest absolute Gasteiger partial charge is 0.324 e. The Kier molecular flexibility index (Phi) is 4.67. The molecule has 1 nitrogen and oxygen atoms in total. The van der Waals surface area contributed by atoms with Gasteiger partial charge in [-0.15, -0.1) is 11.8 Å². The minimum Gasteiger partial charge on any atom is -0.324 e. The SMILES string of the molecule is CSc1ccc(C(N)CC2CCCc3ccccc32)cc1. The van der Waals surface area contributed by atoms with Crippen LogP contribution in [0.1, 0.15) is 47.9 Å². The molecule has 0 bridgehead atoms. The predicted octanol–water partition coefficient (Wildman–Crippen LogP) is 4.92. The number of thioether (sulfide) groups is 1. The lowest BCUT2D eigenvalue weighted by atomic mass is 9.79. The monoisotopic (exact) mass is 297 g/mol. The van der Waals surface area contributed by atoms with Gasteiger partial charge in [0.2, 0.25) is 0 Å². The molecule has 2 heteroatoms. The summed E-state index contributed by atoms with van der Waals surface area (Å²) < 4.78 is 0. The maximum absolute atomic E-state index is 6.47. The predicted molar refractivity (Wildman–Crippen MR) is 91.9 cm³/mol. The Balaban J connectivity index is 1.74. The van der Waals surface area contributed by atoms with E-state index in [1.165, 1.54) is 40.8 Å². The Hall–Kier alpha value is -1.25. The maximum Gasteiger partial charge on any atom is 0.0300 e. The highest BCUT2D eigenvalue weighted by Gasteiger charge is 2.22. The number of benzene rings is 2. The van der Waals surface area contributed by atoms with Crippen molar-refractivity contribution < 1.29 is 0 Å². The van der Waals surface area contributed by atoms with Crippen LogP contribution in [-0.2, 0) is 6.42 Å². The van der Waals surface area contributed by atoms with Crippen molar-refractivity contribution in [2.45, 2.75) is 42.5 Å². The highest BCUT2D eigenvalue weighted by atomic mass is 32.2. The second-order valence-corrected chi connectivity index (χ2v) is 6.78. The minimum absolute atomic E-state index is 0.136. The first kappa shape index (κ1) is 14.7. The molecule has 0 fully saturated rings. The molecule has 0 aliphatic heterocycles. The van der Waals surface area contributed by atoms with E-state index in [1.807, 2.05) is 0 Å². The zero-order chi connectivity index (χ0) is 14.7. The summed E-state index contributed by atoms with van der Waals surface area (Å²) in [6, 6.07) is 17.7. The summed E-state index contributed by atoms with van der Waals surface area (Å²) in [5.41, 5.74) is 10.8. The first-order chi connectivity index (χ1) is 10.3. The van der Waals surface area contributed by atoms with Crippen LogP contribution in [-0.4, -0.2) is 6.26 Å². The zero-order valence-corrected chi connectivity index (χ0v) is 13.4. The molecule has 2 aromatic carbocycles. The highest BCUT2D eigenvalue weighted by Crippen LogP contribution is 2.37. The van der Waals surface area contributed by atoms with E-state index >= 15 is 0 Å². The van der Waals surface area contributed by atoms with Crippen molar-refractivity contribution in [3.8, 4) is 0 Å². The van der Waals surface area contributed by atoms with Gasteiger partial charge in [-0.2, -0.15) is 0 Å². The third kappa shape index (κ3) is 3.33. The average molecular weight is 297 g/mol. The fraction of sp³-hybridized carbons (Fsp3) is 0.368. The Bertz CT molecular complexity index is 591. The van der Waals surface area contributed by atoms with E-state index < -0.39 is 0 Å². The molecule has 2 unspecified atom stereocenters. The maximum atomic E-state index is 6.47. The second-order valence-electron chi connectivity index (χ2n) is 5.90. The standard InChI is InChI=1S/C19H23NS/c1-21-17-11-9-15(10-12-17)19(20)13-16-7-4-6-14-5-2-3-8-18(14)16/h2-3,5,8-12,16,19H,4,6-7,13,20H2,1H3. The molecular formula is C19H23NS. The van der Waals surface area contributed by atoms with Gasteiger partial charge in [0.05, 0.1) is 0 Å². The topological polar surface area (TPSA) is 26.0 Å². The van der Waals surface area contributed by atoms with Crippen molar-refractivity contribution in [2.24, 2.45) is 5.73 Å². The smallest absolute Gasteiger partial charge is 0.0300 e. The first-order valence-corrected chi connectivity index (χ1v) is 8.97. The second kappa shape index (κ2) is 6.67. The van der Waals surface area contributed by atoms with E-state index in [0.29, 0.717) is 5.92 Å². The lowest BCUT2D eigenvalue weighted by Gasteiger charge is -2.28. The van der Waals surface area contributed by atoms with Crippen molar-refractivity contribution in [3.05, 3.63) is 65.2 Å². The van der Waals surface area contributed by atoms with Gasteiger partial charge in [-0.3, -0.25) is 0 Å². The molecule has 0 radical (unpaired) electrons. The minimum atomic E-state index is 0.136. The first-order valence-electron chi connectivity index (χ1n) is 7.75. The number of rotatable bonds is 4. The van der Waals surface area contributed by atoms with Gasteiger partial charge in [0.25, 0.3) is 0 Å². The lowest BCUT2D eigenvalue weighted by Crippen LogP contribution is -2.18. The number of fused-ring (bicyclic) bond motifs is 1. The van der Waals surface area contributed by atoms with Crippen molar-refractivity contribution in [3.63, 3.8) is 0 Å². The average Bonchev–Trinajstić information content (AvgIpc) is 2.55. The van der Waals surface area contributed by atoms with Gasteiger partial charge >= 0.3 is 0 Å². The zero-order valence-electron chi connectivity index (χ0n) is 12.6. The summed E-state index contributed by atoms with van der Waals surface area (Å²) in [5, 5.41) is 0. The molecule has 110 valence electrons. The van der Waals surface area contributed by atoms with E-state index in [1.54, 1.807) is 11.8 Å². The quantitative estimate of drug-likeness (QED) is 0.811. The molecule has 2 N–H and O–H groups in total. The van der Waals surface area contributed by atoms with Crippen LogP contribution in [0.3, 0.4) is 0 Å². The van der Waals surface area contributed by atoms with E-state index in [0.717, 1.165) is 6.42 Å². The fourth-order valence-corrected chi connectivity index (χ4v) is 3.80. The van der Waals surface area contributed by atoms with Gasteiger partial charge in [0.15, 0.2) is 0 Å².